The number of thiophene rings is 1. The van der Waals surface area contributed by atoms with Crippen molar-refractivity contribution in [2.75, 3.05) is 5.32 Å². The number of benzene rings is 1. The summed E-state index contributed by atoms with van der Waals surface area (Å²) < 4.78 is 0. The molecule has 120 valence electrons. The van der Waals surface area contributed by atoms with Gasteiger partial charge in [0.25, 0.3) is 0 Å². The van der Waals surface area contributed by atoms with Gasteiger partial charge < -0.3 is 16.0 Å². The number of rotatable bonds is 4. The van der Waals surface area contributed by atoms with E-state index in [1.165, 1.54) is 5.56 Å². The van der Waals surface area contributed by atoms with Crippen molar-refractivity contribution < 1.29 is 9.59 Å². The van der Waals surface area contributed by atoms with Gasteiger partial charge in [-0.25, -0.2) is 4.79 Å². The Morgan fingerprint density at radius 3 is 2.96 bits per heavy atom. The number of aryl methyl sites for hydroxylation is 1. The van der Waals surface area contributed by atoms with Gasteiger partial charge in [0, 0.05) is 10.6 Å². The Kier molecular flexibility index (Phi) is 4.34. The molecular weight excluding hydrogens is 310 g/mol. The summed E-state index contributed by atoms with van der Waals surface area (Å²) in [6.45, 7) is 4.50. The summed E-state index contributed by atoms with van der Waals surface area (Å²) in [5.74, 6) is 0.0156. The van der Waals surface area contributed by atoms with E-state index in [1.54, 1.807) is 11.3 Å². The average molecular weight is 329 g/mol. The van der Waals surface area contributed by atoms with Gasteiger partial charge in [0.2, 0.25) is 5.91 Å². The van der Waals surface area contributed by atoms with E-state index in [-0.39, 0.29) is 18.0 Å². The molecule has 1 aliphatic rings. The second-order valence-electron chi connectivity index (χ2n) is 5.72. The molecule has 0 spiro atoms. The van der Waals surface area contributed by atoms with Crippen LogP contribution < -0.4 is 16.0 Å². The lowest BCUT2D eigenvalue weighted by Gasteiger charge is -2.16. The first-order valence-corrected chi connectivity index (χ1v) is 8.41. The zero-order valence-electron chi connectivity index (χ0n) is 13.1. The summed E-state index contributed by atoms with van der Waals surface area (Å²) in [4.78, 5) is 24.6. The number of anilines is 1. The van der Waals surface area contributed by atoms with Gasteiger partial charge in [0.05, 0.1) is 19.0 Å². The molecule has 0 aliphatic carbocycles. The Balaban J connectivity index is 1.57. The molecule has 5 nitrogen and oxygen atoms in total. The van der Waals surface area contributed by atoms with Gasteiger partial charge in [-0.05, 0) is 48.1 Å². The van der Waals surface area contributed by atoms with E-state index in [1.807, 2.05) is 43.5 Å². The first-order chi connectivity index (χ1) is 11.0. The summed E-state index contributed by atoms with van der Waals surface area (Å²) in [7, 11) is 0. The van der Waals surface area contributed by atoms with Crippen LogP contribution in [0.1, 0.15) is 34.5 Å². The van der Waals surface area contributed by atoms with Gasteiger partial charge in [-0.15, -0.1) is 11.3 Å². The van der Waals surface area contributed by atoms with Crippen molar-refractivity contribution in [1.29, 1.82) is 0 Å². The Morgan fingerprint density at radius 1 is 1.39 bits per heavy atom. The molecular formula is C17H19N3O2S. The normalized spacial score (nSPS) is 14.1. The first-order valence-electron chi connectivity index (χ1n) is 7.53. The van der Waals surface area contributed by atoms with Crippen molar-refractivity contribution in [3.8, 4) is 0 Å². The van der Waals surface area contributed by atoms with Crippen molar-refractivity contribution >= 4 is 29.0 Å². The van der Waals surface area contributed by atoms with E-state index in [0.29, 0.717) is 13.0 Å². The van der Waals surface area contributed by atoms with E-state index < -0.39 is 0 Å². The van der Waals surface area contributed by atoms with Crippen LogP contribution in [0.5, 0.6) is 0 Å². The molecule has 0 fully saturated rings. The van der Waals surface area contributed by atoms with Crippen LogP contribution in [-0.2, 0) is 17.8 Å². The molecule has 3 amide bonds. The van der Waals surface area contributed by atoms with Crippen molar-refractivity contribution in [2.24, 2.45) is 0 Å². The Labute approximate surface area is 139 Å². The maximum absolute atomic E-state index is 12.0. The molecule has 1 aromatic carbocycles. The fourth-order valence-corrected chi connectivity index (χ4v) is 3.44. The van der Waals surface area contributed by atoms with Gasteiger partial charge in [-0.3, -0.25) is 4.79 Å². The van der Waals surface area contributed by atoms with Crippen molar-refractivity contribution in [3.05, 3.63) is 51.2 Å². The van der Waals surface area contributed by atoms with E-state index in [9.17, 15) is 9.59 Å². The van der Waals surface area contributed by atoms with Crippen LogP contribution in [0.15, 0.2) is 29.6 Å². The number of nitrogens with one attached hydrogen (secondary N) is 3. The Hall–Kier alpha value is -2.34. The molecule has 0 saturated heterocycles. The minimum Gasteiger partial charge on any atom is -0.333 e. The SMILES string of the molecule is Cc1ccsc1CNC(=O)N[C@H](C)c1ccc2c(c1)CC(=O)N2. The number of amides is 3. The topological polar surface area (TPSA) is 70.2 Å². The van der Waals surface area contributed by atoms with E-state index >= 15 is 0 Å². The minimum atomic E-state index is -0.194. The highest BCUT2D eigenvalue weighted by atomic mass is 32.1. The van der Waals surface area contributed by atoms with Crippen LogP contribution in [0.2, 0.25) is 0 Å². The maximum atomic E-state index is 12.0. The van der Waals surface area contributed by atoms with Crippen molar-refractivity contribution in [3.63, 3.8) is 0 Å². The highest BCUT2D eigenvalue weighted by Gasteiger charge is 2.19. The number of fused-ring (bicyclic) bond motifs is 1. The summed E-state index contributed by atoms with van der Waals surface area (Å²) in [5, 5.41) is 10.6. The van der Waals surface area contributed by atoms with E-state index in [4.69, 9.17) is 0 Å². The summed E-state index contributed by atoms with van der Waals surface area (Å²) in [6, 6.07) is 7.52. The van der Waals surface area contributed by atoms with Gasteiger partial charge in [-0.1, -0.05) is 12.1 Å². The fraction of sp³-hybridized carbons (Fsp3) is 0.294. The molecule has 3 rings (SSSR count). The number of carbonyl (C=O) groups excluding carboxylic acids is 2. The van der Waals surface area contributed by atoms with Crippen LogP contribution in [0.4, 0.5) is 10.5 Å². The average Bonchev–Trinajstić information content (AvgIpc) is 3.08. The third kappa shape index (κ3) is 3.53. The summed E-state index contributed by atoms with van der Waals surface area (Å²) in [5.41, 5.74) is 4.03. The standard InChI is InChI=1S/C17H19N3O2S/c1-10-5-6-23-15(10)9-18-17(22)19-11(2)12-3-4-14-13(7-12)8-16(21)20-14/h3-7,11H,8-9H2,1-2H3,(H,20,21)(H2,18,19,22)/t11-/m1/s1. The molecule has 2 heterocycles. The van der Waals surface area contributed by atoms with Gasteiger partial charge >= 0.3 is 6.03 Å². The van der Waals surface area contributed by atoms with Gasteiger partial charge in [-0.2, -0.15) is 0 Å². The maximum Gasteiger partial charge on any atom is 0.315 e. The second kappa shape index (κ2) is 6.42. The molecule has 0 saturated carbocycles. The first kappa shape index (κ1) is 15.6. The molecule has 6 heteroatoms. The van der Waals surface area contributed by atoms with Crippen LogP contribution in [0.25, 0.3) is 0 Å². The Morgan fingerprint density at radius 2 is 2.22 bits per heavy atom. The fourth-order valence-electron chi connectivity index (χ4n) is 2.60. The van der Waals surface area contributed by atoms with Crippen molar-refractivity contribution in [1.82, 2.24) is 10.6 Å². The minimum absolute atomic E-state index is 0.0156. The molecule has 0 radical (unpaired) electrons. The Bertz CT molecular complexity index is 754. The largest absolute Gasteiger partial charge is 0.333 e. The molecule has 23 heavy (non-hydrogen) atoms. The third-order valence-electron chi connectivity index (χ3n) is 3.98. The molecule has 1 aromatic heterocycles. The number of carbonyl (C=O) groups is 2. The highest BCUT2D eigenvalue weighted by molar-refractivity contribution is 7.10. The predicted molar refractivity (Wildman–Crippen MR) is 91.6 cm³/mol. The zero-order chi connectivity index (χ0) is 16.4. The number of urea groups is 1. The zero-order valence-corrected chi connectivity index (χ0v) is 13.9. The molecule has 1 aliphatic heterocycles. The van der Waals surface area contributed by atoms with Crippen LogP contribution >= 0.6 is 11.3 Å². The molecule has 3 N–H and O–H groups in total. The second-order valence-corrected chi connectivity index (χ2v) is 6.72. The third-order valence-corrected chi connectivity index (χ3v) is 5.00. The predicted octanol–water partition coefficient (Wildman–Crippen LogP) is 3.11. The molecule has 0 bridgehead atoms. The van der Waals surface area contributed by atoms with Gasteiger partial charge in [0.1, 0.15) is 0 Å². The molecule has 1 atom stereocenters. The number of hydrogen-bond donors (Lipinski definition) is 3. The molecule has 2 aromatic rings. The van der Waals surface area contributed by atoms with Crippen LogP contribution in [0, 0.1) is 6.92 Å². The lowest BCUT2D eigenvalue weighted by Crippen LogP contribution is -2.36. The van der Waals surface area contributed by atoms with Gasteiger partial charge in [0.15, 0.2) is 0 Å². The highest BCUT2D eigenvalue weighted by Crippen LogP contribution is 2.26. The van der Waals surface area contributed by atoms with E-state index in [0.717, 1.165) is 21.7 Å². The van der Waals surface area contributed by atoms with E-state index in [2.05, 4.69) is 16.0 Å². The quantitative estimate of drug-likeness (QED) is 0.806. The number of hydrogen-bond acceptors (Lipinski definition) is 3. The van der Waals surface area contributed by atoms with Crippen molar-refractivity contribution in [2.45, 2.75) is 32.9 Å². The lowest BCUT2D eigenvalue weighted by atomic mass is 10.0. The smallest absolute Gasteiger partial charge is 0.315 e. The summed E-state index contributed by atoms with van der Waals surface area (Å²) >= 11 is 1.64. The monoisotopic (exact) mass is 329 g/mol. The molecule has 0 unspecified atom stereocenters. The van der Waals surface area contributed by atoms with Crippen LogP contribution in [-0.4, -0.2) is 11.9 Å². The summed E-state index contributed by atoms with van der Waals surface area (Å²) in [6.07, 6.45) is 0.403. The van der Waals surface area contributed by atoms with Crippen LogP contribution in [0.3, 0.4) is 0 Å². The lowest BCUT2D eigenvalue weighted by molar-refractivity contribution is -0.115.